The number of rotatable bonds is 5. The molecule has 0 saturated carbocycles. The minimum atomic E-state index is -0.589. The van der Waals surface area contributed by atoms with E-state index >= 15 is 0 Å². The minimum Gasteiger partial charge on any atom is -0.444 e. The zero-order chi connectivity index (χ0) is 17.6. The highest BCUT2D eigenvalue weighted by Crippen LogP contribution is 2.20. The number of benzene rings is 2. The van der Waals surface area contributed by atoms with Crippen LogP contribution in [0.5, 0.6) is 0 Å². The number of nitrogens with one attached hydrogen (secondary N) is 1. The van der Waals surface area contributed by atoms with Gasteiger partial charge in [0.05, 0.1) is 6.04 Å². The van der Waals surface area contributed by atoms with Crippen molar-refractivity contribution in [1.82, 2.24) is 5.32 Å². The predicted octanol–water partition coefficient (Wildman–Crippen LogP) is 4.53. The quantitative estimate of drug-likeness (QED) is 0.822. The fourth-order valence-corrected chi connectivity index (χ4v) is 2.31. The number of ketones is 1. The van der Waals surface area contributed by atoms with Gasteiger partial charge in [0.15, 0.2) is 5.78 Å². The van der Waals surface area contributed by atoms with Crippen LogP contribution < -0.4 is 5.32 Å². The summed E-state index contributed by atoms with van der Waals surface area (Å²) in [5.41, 5.74) is 0.909. The van der Waals surface area contributed by atoms with Crippen molar-refractivity contribution in [3.63, 3.8) is 0 Å². The summed E-state index contributed by atoms with van der Waals surface area (Å²) in [7, 11) is 0. The van der Waals surface area contributed by atoms with Crippen molar-refractivity contribution >= 4 is 11.9 Å². The molecule has 126 valence electrons. The molecule has 0 bridgehead atoms. The Balaban J connectivity index is 2.15. The van der Waals surface area contributed by atoms with E-state index in [-0.39, 0.29) is 12.2 Å². The van der Waals surface area contributed by atoms with Crippen LogP contribution in [0.15, 0.2) is 60.7 Å². The smallest absolute Gasteiger partial charge is 0.408 e. The third-order valence-corrected chi connectivity index (χ3v) is 3.38. The normalized spacial score (nSPS) is 12.3. The molecule has 0 unspecified atom stereocenters. The highest BCUT2D eigenvalue weighted by molar-refractivity contribution is 5.96. The Bertz CT molecular complexity index is 675. The lowest BCUT2D eigenvalue weighted by Crippen LogP contribution is -2.35. The highest BCUT2D eigenvalue weighted by atomic mass is 16.6. The summed E-state index contributed by atoms with van der Waals surface area (Å²) in [6.45, 7) is 5.41. The molecular formula is C20H23NO3. The van der Waals surface area contributed by atoms with Crippen LogP contribution in [-0.4, -0.2) is 17.5 Å². The fourth-order valence-electron chi connectivity index (χ4n) is 2.31. The van der Waals surface area contributed by atoms with E-state index in [1.165, 1.54) is 0 Å². The second kappa shape index (κ2) is 7.77. The van der Waals surface area contributed by atoms with Crippen molar-refractivity contribution in [2.24, 2.45) is 0 Å². The molecule has 0 aliphatic heterocycles. The molecule has 0 aliphatic rings. The summed E-state index contributed by atoms with van der Waals surface area (Å²) >= 11 is 0. The summed E-state index contributed by atoms with van der Waals surface area (Å²) in [6.07, 6.45) is -0.356. The van der Waals surface area contributed by atoms with Crippen LogP contribution in [-0.2, 0) is 4.74 Å². The maximum absolute atomic E-state index is 12.5. The second-order valence-electron chi connectivity index (χ2n) is 6.60. The molecule has 0 saturated heterocycles. The van der Waals surface area contributed by atoms with E-state index in [0.717, 1.165) is 5.56 Å². The number of hydrogen-bond acceptors (Lipinski definition) is 3. The van der Waals surface area contributed by atoms with Gasteiger partial charge in [0, 0.05) is 12.0 Å². The van der Waals surface area contributed by atoms with Gasteiger partial charge in [-0.2, -0.15) is 0 Å². The van der Waals surface area contributed by atoms with Crippen molar-refractivity contribution in [2.75, 3.05) is 0 Å². The maximum atomic E-state index is 12.5. The lowest BCUT2D eigenvalue weighted by atomic mass is 9.98. The third-order valence-electron chi connectivity index (χ3n) is 3.38. The van der Waals surface area contributed by atoms with E-state index in [1.807, 2.05) is 48.5 Å². The van der Waals surface area contributed by atoms with Crippen LogP contribution in [0.4, 0.5) is 4.79 Å². The number of carbonyl (C=O) groups is 2. The molecule has 0 spiro atoms. The first-order chi connectivity index (χ1) is 11.3. The van der Waals surface area contributed by atoms with Gasteiger partial charge in [-0.05, 0) is 26.3 Å². The number of alkyl carbamates (subject to hydrolysis) is 1. The van der Waals surface area contributed by atoms with Gasteiger partial charge in [-0.3, -0.25) is 4.79 Å². The number of ether oxygens (including phenoxy) is 1. The monoisotopic (exact) mass is 325 g/mol. The molecular weight excluding hydrogens is 302 g/mol. The molecule has 1 amide bonds. The lowest BCUT2D eigenvalue weighted by Gasteiger charge is -2.23. The average molecular weight is 325 g/mol. The van der Waals surface area contributed by atoms with Crippen LogP contribution in [0.2, 0.25) is 0 Å². The molecule has 1 atom stereocenters. The van der Waals surface area contributed by atoms with Crippen LogP contribution in [0, 0.1) is 0 Å². The van der Waals surface area contributed by atoms with Crippen LogP contribution in [0.25, 0.3) is 0 Å². The minimum absolute atomic E-state index is 0.0273. The van der Waals surface area contributed by atoms with Gasteiger partial charge in [-0.25, -0.2) is 4.79 Å². The molecule has 0 aliphatic carbocycles. The molecule has 4 heteroatoms. The Morgan fingerprint density at radius 3 is 2.04 bits per heavy atom. The molecule has 4 nitrogen and oxygen atoms in total. The van der Waals surface area contributed by atoms with Crippen molar-refractivity contribution in [1.29, 1.82) is 0 Å². The van der Waals surface area contributed by atoms with E-state index in [4.69, 9.17) is 4.74 Å². The van der Waals surface area contributed by atoms with Gasteiger partial charge < -0.3 is 10.1 Å². The predicted molar refractivity (Wildman–Crippen MR) is 93.9 cm³/mol. The van der Waals surface area contributed by atoms with Gasteiger partial charge in [-0.15, -0.1) is 0 Å². The van der Waals surface area contributed by atoms with Crippen molar-refractivity contribution in [3.05, 3.63) is 71.8 Å². The van der Waals surface area contributed by atoms with Gasteiger partial charge in [0.25, 0.3) is 0 Å². The van der Waals surface area contributed by atoms with Gasteiger partial charge in [-0.1, -0.05) is 60.7 Å². The van der Waals surface area contributed by atoms with Gasteiger partial charge in [0.2, 0.25) is 0 Å². The van der Waals surface area contributed by atoms with Crippen molar-refractivity contribution < 1.29 is 14.3 Å². The van der Waals surface area contributed by atoms with Crippen molar-refractivity contribution in [3.8, 4) is 0 Å². The summed E-state index contributed by atoms with van der Waals surface area (Å²) in [4.78, 5) is 24.6. The largest absolute Gasteiger partial charge is 0.444 e. The number of hydrogen-bond donors (Lipinski definition) is 1. The topological polar surface area (TPSA) is 55.4 Å². The molecule has 24 heavy (non-hydrogen) atoms. The van der Waals surface area contributed by atoms with Gasteiger partial charge >= 0.3 is 6.09 Å². The Kier molecular flexibility index (Phi) is 5.74. The summed E-state index contributed by atoms with van der Waals surface area (Å²) in [5, 5.41) is 2.81. The maximum Gasteiger partial charge on any atom is 0.408 e. The SMILES string of the molecule is CC(C)(C)OC(=O)N[C@H](CC(=O)c1ccccc1)c1ccccc1. The van der Waals surface area contributed by atoms with E-state index in [1.54, 1.807) is 32.9 Å². The first-order valence-electron chi connectivity index (χ1n) is 7.98. The highest BCUT2D eigenvalue weighted by Gasteiger charge is 2.22. The first-order valence-corrected chi connectivity index (χ1v) is 7.98. The molecule has 2 rings (SSSR count). The fraction of sp³-hybridized carbons (Fsp3) is 0.300. The van der Waals surface area contributed by atoms with Crippen molar-refractivity contribution in [2.45, 2.75) is 38.8 Å². The van der Waals surface area contributed by atoms with Crippen LogP contribution in [0.1, 0.15) is 49.2 Å². The van der Waals surface area contributed by atoms with Gasteiger partial charge in [0.1, 0.15) is 5.60 Å². The Labute approximate surface area is 142 Å². The van der Waals surface area contributed by atoms with E-state index < -0.39 is 17.7 Å². The zero-order valence-corrected chi connectivity index (χ0v) is 14.3. The van der Waals surface area contributed by atoms with E-state index in [9.17, 15) is 9.59 Å². The standard InChI is InChI=1S/C20H23NO3/c1-20(2,3)24-19(23)21-17(15-10-6-4-7-11-15)14-18(22)16-12-8-5-9-13-16/h4-13,17H,14H2,1-3H3,(H,21,23)/t17-/m1/s1. The molecule has 0 aromatic heterocycles. The van der Waals surface area contributed by atoms with E-state index in [2.05, 4.69) is 5.32 Å². The summed E-state index contributed by atoms with van der Waals surface area (Å²) < 4.78 is 5.32. The Hall–Kier alpha value is -2.62. The van der Waals surface area contributed by atoms with E-state index in [0.29, 0.717) is 5.56 Å². The zero-order valence-electron chi connectivity index (χ0n) is 14.3. The second-order valence-corrected chi connectivity index (χ2v) is 6.60. The van der Waals surface area contributed by atoms with Crippen LogP contribution in [0.3, 0.4) is 0 Å². The molecule has 1 N–H and O–H groups in total. The number of Topliss-reactive ketones (excluding diaryl/α,β-unsaturated/α-hetero) is 1. The third kappa shape index (κ3) is 5.54. The average Bonchev–Trinajstić information content (AvgIpc) is 2.54. The molecule has 0 radical (unpaired) electrons. The molecule has 0 heterocycles. The first kappa shape index (κ1) is 17.7. The molecule has 2 aromatic rings. The summed E-state index contributed by atoms with van der Waals surface area (Å²) in [6, 6.07) is 18.1. The Morgan fingerprint density at radius 2 is 1.50 bits per heavy atom. The lowest BCUT2D eigenvalue weighted by molar-refractivity contribution is 0.0501. The molecule has 0 fully saturated rings. The molecule has 2 aromatic carbocycles. The van der Waals surface area contributed by atoms with Crippen LogP contribution >= 0.6 is 0 Å². The number of amides is 1. The summed E-state index contributed by atoms with van der Waals surface area (Å²) in [5.74, 6) is -0.0273. The number of carbonyl (C=O) groups excluding carboxylic acids is 2. The Morgan fingerprint density at radius 1 is 0.958 bits per heavy atom.